The van der Waals surface area contributed by atoms with Crippen LogP contribution in [0.3, 0.4) is 0 Å². The fraction of sp³-hybridized carbons (Fsp3) is 0.471. The lowest BCUT2D eigenvalue weighted by atomic mass is 10.1. The molecule has 0 bridgehead atoms. The smallest absolute Gasteiger partial charge is 0.486 e. The molecule has 2 aliphatic rings. The van der Waals surface area contributed by atoms with Gasteiger partial charge in [-0.2, -0.15) is 13.2 Å². The van der Waals surface area contributed by atoms with Gasteiger partial charge in [0.15, 0.2) is 11.6 Å². The predicted molar refractivity (Wildman–Crippen MR) is 94.3 cm³/mol. The minimum absolute atomic E-state index is 0.139. The molecule has 0 amide bonds. The molecule has 2 aliphatic heterocycles. The Morgan fingerprint density at radius 2 is 1.73 bits per heavy atom. The summed E-state index contributed by atoms with van der Waals surface area (Å²) in [6.45, 7) is 3.49. The van der Waals surface area contributed by atoms with Gasteiger partial charge in [-0.05, 0) is 0 Å². The van der Waals surface area contributed by atoms with E-state index in [1.807, 2.05) is 0 Å². The standard InChI is InChI=1S/C15H17FN6O.C2HF3O2/c16-11-4-19-15(20-5-11)22-2-1-21-9-13(3-12(21)8-22)23-14-6-17-10-18-7-14;3-2(4,5)1(6)7/h4-7,10,12-13H,1-3,8-9H2;(H,6,7)/t12-,13+;/m0./s1. The van der Waals surface area contributed by atoms with E-state index in [0.29, 0.717) is 17.7 Å². The van der Waals surface area contributed by atoms with E-state index >= 15 is 0 Å². The quantitative estimate of drug-likeness (QED) is 0.723. The number of halogens is 4. The van der Waals surface area contributed by atoms with Crippen LogP contribution < -0.4 is 9.64 Å². The molecule has 2 aromatic heterocycles. The van der Waals surface area contributed by atoms with Crippen LogP contribution in [0.1, 0.15) is 6.42 Å². The third kappa shape index (κ3) is 5.72. The van der Waals surface area contributed by atoms with E-state index in [4.69, 9.17) is 14.6 Å². The second-order valence-electron chi connectivity index (χ2n) is 6.65. The summed E-state index contributed by atoms with van der Waals surface area (Å²) in [6.07, 6.45) is 3.28. The van der Waals surface area contributed by atoms with E-state index < -0.39 is 18.0 Å². The fourth-order valence-electron chi connectivity index (χ4n) is 3.27. The van der Waals surface area contributed by atoms with Gasteiger partial charge in [-0.15, -0.1) is 0 Å². The van der Waals surface area contributed by atoms with Crippen molar-refractivity contribution >= 4 is 11.9 Å². The number of carbonyl (C=O) groups is 1. The summed E-state index contributed by atoms with van der Waals surface area (Å²) >= 11 is 0. The Morgan fingerprint density at radius 3 is 2.33 bits per heavy atom. The molecule has 162 valence electrons. The first-order valence-electron chi connectivity index (χ1n) is 8.90. The molecule has 4 rings (SSSR count). The van der Waals surface area contributed by atoms with Crippen molar-refractivity contribution in [1.82, 2.24) is 24.8 Å². The van der Waals surface area contributed by atoms with E-state index in [2.05, 4.69) is 29.7 Å². The SMILES string of the molecule is Fc1cnc(N2CCN3C[C@H](Oc4cncnc4)C[C@H]3C2)nc1.O=C(O)C(F)(F)F. The highest BCUT2D eigenvalue weighted by atomic mass is 19.4. The number of fused-ring (bicyclic) bond motifs is 1. The third-order valence-electron chi connectivity index (χ3n) is 4.55. The maximum atomic E-state index is 12.9. The summed E-state index contributed by atoms with van der Waals surface area (Å²) in [4.78, 5) is 29.5. The number of rotatable bonds is 3. The van der Waals surface area contributed by atoms with Crippen molar-refractivity contribution in [3.8, 4) is 5.75 Å². The molecule has 30 heavy (non-hydrogen) atoms. The molecule has 0 saturated carbocycles. The van der Waals surface area contributed by atoms with Crippen molar-refractivity contribution in [3.05, 3.63) is 36.9 Å². The van der Waals surface area contributed by atoms with Crippen molar-refractivity contribution in [2.24, 2.45) is 0 Å². The van der Waals surface area contributed by atoms with Gasteiger partial charge in [0.25, 0.3) is 0 Å². The minimum Gasteiger partial charge on any atom is -0.486 e. The Morgan fingerprint density at radius 1 is 1.10 bits per heavy atom. The zero-order valence-corrected chi connectivity index (χ0v) is 15.5. The summed E-state index contributed by atoms with van der Waals surface area (Å²) < 4.78 is 50.6. The lowest BCUT2D eigenvalue weighted by molar-refractivity contribution is -0.192. The number of hydrogen-bond donors (Lipinski definition) is 1. The molecule has 0 spiro atoms. The van der Waals surface area contributed by atoms with Gasteiger partial charge in [0, 0.05) is 38.6 Å². The van der Waals surface area contributed by atoms with E-state index in [-0.39, 0.29) is 6.10 Å². The summed E-state index contributed by atoms with van der Waals surface area (Å²) in [7, 11) is 0. The first kappa shape index (κ1) is 21.6. The molecule has 9 nitrogen and oxygen atoms in total. The molecule has 2 atom stereocenters. The normalized spacial score (nSPS) is 21.4. The molecular formula is C17H18F4N6O3. The van der Waals surface area contributed by atoms with Crippen LogP contribution in [0.5, 0.6) is 5.75 Å². The number of nitrogens with zero attached hydrogens (tertiary/aromatic N) is 6. The number of anilines is 1. The van der Waals surface area contributed by atoms with Crippen molar-refractivity contribution in [3.63, 3.8) is 0 Å². The van der Waals surface area contributed by atoms with Crippen LogP contribution in [-0.2, 0) is 4.79 Å². The molecule has 2 saturated heterocycles. The highest BCUT2D eigenvalue weighted by Crippen LogP contribution is 2.26. The van der Waals surface area contributed by atoms with Gasteiger partial charge in [-0.3, -0.25) is 4.90 Å². The number of alkyl halides is 3. The van der Waals surface area contributed by atoms with Gasteiger partial charge >= 0.3 is 12.1 Å². The summed E-state index contributed by atoms with van der Waals surface area (Å²) in [5.41, 5.74) is 0. The lowest BCUT2D eigenvalue weighted by Gasteiger charge is -2.37. The average molecular weight is 430 g/mol. The predicted octanol–water partition coefficient (Wildman–Crippen LogP) is 1.38. The van der Waals surface area contributed by atoms with Crippen molar-refractivity contribution < 1.29 is 32.2 Å². The van der Waals surface area contributed by atoms with Crippen molar-refractivity contribution in [2.45, 2.75) is 24.7 Å². The lowest BCUT2D eigenvalue weighted by Crippen LogP contribution is -2.50. The summed E-state index contributed by atoms with van der Waals surface area (Å²) in [6, 6.07) is 0.395. The number of hydrogen-bond acceptors (Lipinski definition) is 8. The van der Waals surface area contributed by atoms with Gasteiger partial charge in [0.05, 0.1) is 24.8 Å². The fourth-order valence-corrected chi connectivity index (χ4v) is 3.27. The van der Waals surface area contributed by atoms with E-state index in [0.717, 1.165) is 32.6 Å². The maximum Gasteiger partial charge on any atom is 0.490 e. The molecule has 13 heteroatoms. The summed E-state index contributed by atoms with van der Waals surface area (Å²) in [5, 5.41) is 7.12. The van der Waals surface area contributed by atoms with E-state index in [9.17, 15) is 17.6 Å². The Balaban J connectivity index is 0.000000318. The van der Waals surface area contributed by atoms with Crippen LogP contribution in [0.15, 0.2) is 31.1 Å². The molecule has 0 radical (unpaired) electrons. The highest BCUT2D eigenvalue weighted by molar-refractivity contribution is 5.73. The van der Waals surface area contributed by atoms with Crippen LogP contribution in [0.25, 0.3) is 0 Å². The Hall–Kier alpha value is -3.09. The van der Waals surface area contributed by atoms with Crippen molar-refractivity contribution in [2.75, 3.05) is 31.1 Å². The number of carboxylic acid groups (broad SMARTS) is 1. The molecule has 0 unspecified atom stereocenters. The zero-order valence-electron chi connectivity index (χ0n) is 15.5. The summed E-state index contributed by atoms with van der Waals surface area (Å²) in [5.74, 6) is -1.87. The molecule has 2 fully saturated rings. The molecule has 4 heterocycles. The Bertz CT molecular complexity index is 840. The third-order valence-corrected chi connectivity index (χ3v) is 4.55. The van der Waals surface area contributed by atoms with E-state index in [1.54, 1.807) is 12.4 Å². The van der Waals surface area contributed by atoms with Crippen LogP contribution >= 0.6 is 0 Å². The number of ether oxygens (including phenoxy) is 1. The molecule has 1 N–H and O–H groups in total. The number of carboxylic acids is 1. The van der Waals surface area contributed by atoms with Gasteiger partial charge < -0.3 is 14.7 Å². The maximum absolute atomic E-state index is 12.9. The Labute approximate surface area is 168 Å². The topological polar surface area (TPSA) is 105 Å². The van der Waals surface area contributed by atoms with Gasteiger partial charge in [0.1, 0.15) is 12.4 Å². The molecular weight excluding hydrogens is 412 g/mol. The van der Waals surface area contributed by atoms with Gasteiger partial charge in [-0.25, -0.2) is 29.1 Å². The average Bonchev–Trinajstić information content (AvgIpc) is 3.10. The van der Waals surface area contributed by atoms with E-state index in [1.165, 1.54) is 18.7 Å². The first-order valence-corrected chi connectivity index (χ1v) is 8.90. The minimum atomic E-state index is -5.08. The molecule has 0 aromatic carbocycles. The monoisotopic (exact) mass is 430 g/mol. The Kier molecular flexibility index (Phi) is 6.59. The largest absolute Gasteiger partial charge is 0.490 e. The molecule has 2 aromatic rings. The second kappa shape index (κ2) is 9.15. The first-order chi connectivity index (χ1) is 14.2. The second-order valence-corrected chi connectivity index (χ2v) is 6.65. The number of piperazine rings is 1. The number of aromatic nitrogens is 4. The molecule has 0 aliphatic carbocycles. The van der Waals surface area contributed by atoms with Gasteiger partial charge in [0.2, 0.25) is 5.95 Å². The van der Waals surface area contributed by atoms with Crippen LogP contribution in [-0.4, -0.2) is 80.4 Å². The zero-order chi connectivity index (χ0) is 21.7. The highest BCUT2D eigenvalue weighted by Gasteiger charge is 2.38. The van der Waals surface area contributed by atoms with Crippen LogP contribution in [0.4, 0.5) is 23.5 Å². The number of aliphatic carboxylic acids is 1. The van der Waals surface area contributed by atoms with Crippen LogP contribution in [0.2, 0.25) is 0 Å². The van der Waals surface area contributed by atoms with Crippen molar-refractivity contribution in [1.29, 1.82) is 0 Å². The van der Waals surface area contributed by atoms with Gasteiger partial charge in [-0.1, -0.05) is 0 Å². The van der Waals surface area contributed by atoms with Crippen LogP contribution in [0, 0.1) is 5.82 Å².